The number of rotatable bonds is 8. The number of carbonyl (C=O) groups excluding carboxylic acids is 2. The number of benzene rings is 1. The summed E-state index contributed by atoms with van der Waals surface area (Å²) in [5, 5.41) is 7.91. The van der Waals surface area contributed by atoms with E-state index in [2.05, 4.69) is 15.3 Å². The van der Waals surface area contributed by atoms with Gasteiger partial charge in [0.2, 0.25) is 5.91 Å². The molecular formula is C23H25F3N4O3S2. The molecule has 2 amide bonds. The van der Waals surface area contributed by atoms with Crippen molar-refractivity contribution in [2.45, 2.75) is 46.3 Å². The summed E-state index contributed by atoms with van der Waals surface area (Å²) in [6.45, 7) is 6.55. The molecule has 7 nitrogen and oxygen atoms in total. The average molecular weight is 527 g/mol. The highest BCUT2D eigenvalue weighted by Crippen LogP contribution is 2.32. The first-order valence-electron chi connectivity index (χ1n) is 10.6. The van der Waals surface area contributed by atoms with Crippen LogP contribution in [0.4, 0.5) is 18.3 Å². The number of anilines is 1. The highest BCUT2D eigenvalue weighted by Gasteiger charge is 2.42. The number of alkyl halides is 3. The van der Waals surface area contributed by atoms with E-state index in [0.29, 0.717) is 10.7 Å². The first-order valence-corrected chi connectivity index (χ1v) is 12.3. The molecule has 188 valence electrons. The van der Waals surface area contributed by atoms with Crippen LogP contribution in [0.25, 0.3) is 10.6 Å². The van der Waals surface area contributed by atoms with Gasteiger partial charge >= 0.3 is 6.18 Å². The van der Waals surface area contributed by atoms with E-state index in [9.17, 15) is 22.8 Å². The lowest BCUT2D eigenvalue weighted by Crippen LogP contribution is -2.48. The molecule has 1 unspecified atom stereocenters. The van der Waals surface area contributed by atoms with Crippen LogP contribution in [-0.2, 0) is 11.2 Å². The molecule has 1 aromatic carbocycles. The summed E-state index contributed by atoms with van der Waals surface area (Å²) in [6.07, 6.45) is -4.72. The van der Waals surface area contributed by atoms with Gasteiger partial charge in [-0.05, 0) is 43.5 Å². The SMILES string of the molecule is COc1cc(CC(=O)Nc2nc(-c3sc(C)nc3C)cs2)cc(C(=O)NC(C(C)C)C(F)(F)F)c1. The summed E-state index contributed by atoms with van der Waals surface area (Å²) < 4.78 is 45.0. The van der Waals surface area contributed by atoms with E-state index < -0.39 is 30.0 Å². The van der Waals surface area contributed by atoms with Crippen LogP contribution >= 0.6 is 22.7 Å². The van der Waals surface area contributed by atoms with Gasteiger partial charge in [-0.1, -0.05) is 13.8 Å². The molecule has 35 heavy (non-hydrogen) atoms. The molecule has 0 radical (unpaired) electrons. The molecule has 12 heteroatoms. The Morgan fingerprint density at radius 2 is 1.86 bits per heavy atom. The van der Waals surface area contributed by atoms with Crippen molar-refractivity contribution >= 4 is 39.6 Å². The Morgan fingerprint density at radius 3 is 2.43 bits per heavy atom. The van der Waals surface area contributed by atoms with Gasteiger partial charge in [-0.15, -0.1) is 22.7 Å². The molecule has 0 fully saturated rings. The molecule has 0 saturated carbocycles. The topological polar surface area (TPSA) is 93.2 Å². The second kappa shape index (κ2) is 10.7. The minimum Gasteiger partial charge on any atom is -0.497 e. The number of hydrogen-bond donors (Lipinski definition) is 2. The van der Waals surface area contributed by atoms with Gasteiger partial charge in [-0.2, -0.15) is 13.2 Å². The van der Waals surface area contributed by atoms with E-state index in [1.54, 1.807) is 6.07 Å². The number of nitrogens with one attached hydrogen (secondary N) is 2. The number of ether oxygens (including phenoxy) is 1. The molecule has 2 aromatic heterocycles. The maximum Gasteiger partial charge on any atom is 0.408 e. The van der Waals surface area contributed by atoms with Crippen LogP contribution in [0.1, 0.15) is 40.5 Å². The Balaban J connectivity index is 1.73. The van der Waals surface area contributed by atoms with Crippen molar-refractivity contribution in [3.05, 3.63) is 45.4 Å². The van der Waals surface area contributed by atoms with E-state index in [0.717, 1.165) is 21.3 Å². The van der Waals surface area contributed by atoms with Gasteiger partial charge in [-0.3, -0.25) is 9.59 Å². The van der Waals surface area contributed by atoms with Crippen LogP contribution in [0.5, 0.6) is 5.75 Å². The van der Waals surface area contributed by atoms with E-state index in [1.807, 2.05) is 24.5 Å². The summed E-state index contributed by atoms with van der Waals surface area (Å²) in [6, 6.07) is 2.26. The van der Waals surface area contributed by atoms with Gasteiger partial charge in [0, 0.05) is 10.9 Å². The number of halogens is 3. The van der Waals surface area contributed by atoms with Gasteiger partial charge in [0.1, 0.15) is 11.8 Å². The first-order chi connectivity index (χ1) is 16.4. The first kappa shape index (κ1) is 26.6. The summed E-state index contributed by atoms with van der Waals surface area (Å²) in [7, 11) is 1.37. The molecule has 3 aromatic rings. The second-order valence-electron chi connectivity index (χ2n) is 8.22. The lowest BCUT2D eigenvalue weighted by Gasteiger charge is -2.25. The molecule has 0 aliphatic carbocycles. The minimum atomic E-state index is -4.59. The number of thiazole rings is 2. The minimum absolute atomic E-state index is 0.0328. The highest BCUT2D eigenvalue weighted by atomic mass is 32.1. The number of aryl methyl sites for hydroxylation is 2. The lowest BCUT2D eigenvalue weighted by atomic mass is 10.0. The monoisotopic (exact) mass is 526 g/mol. The summed E-state index contributed by atoms with van der Waals surface area (Å²) in [4.78, 5) is 35.0. The van der Waals surface area contributed by atoms with Crippen LogP contribution in [-0.4, -0.2) is 41.1 Å². The molecule has 0 bridgehead atoms. The third-order valence-electron chi connectivity index (χ3n) is 5.02. The number of nitrogens with zero attached hydrogens (tertiary/aromatic N) is 2. The third kappa shape index (κ3) is 6.79. The van der Waals surface area contributed by atoms with Gasteiger partial charge < -0.3 is 15.4 Å². The maximum absolute atomic E-state index is 13.3. The standard InChI is InChI=1S/C23H25F3N4O3S2/c1-11(2)20(23(24,25)26)30-21(32)15-6-14(7-16(9-15)33-5)8-18(31)29-22-28-17(10-34-22)19-12(3)27-13(4)35-19/h6-7,9-11,20H,8H2,1-5H3,(H,30,32)(H,28,29,31). The number of methoxy groups -OCH3 is 1. The van der Waals surface area contributed by atoms with Gasteiger partial charge in [0.05, 0.1) is 34.8 Å². The zero-order valence-corrected chi connectivity index (χ0v) is 21.4. The fraction of sp³-hybridized carbons (Fsp3) is 0.391. The van der Waals surface area contributed by atoms with Crippen molar-refractivity contribution in [1.82, 2.24) is 15.3 Å². The smallest absolute Gasteiger partial charge is 0.408 e. The fourth-order valence-electron chi connectivity index (χ4n) is 3.42. The zero-order chi connectivity index (χ0) is 25.9. The third-order valence-corrected chi connectivity index (χ3v) is 6.87. The van der Waals surface area contributed by atoms with E-state index in [4.69, 9.17) is 4.74 Å². The molecule has 0 saturated heterocycles. The highest BCUT2D eigenvalue weighted by molar-refractivity contribution is 7.16. The number of amides is 2. The normalized spacial score (nSPS) is 12.5. The Hall–Kier alpha value is -2.99. The van der Waals surface area contributed by atoms with Crippen molar-refractivity contribution in [3.63, 3.8) is 0 Å². The summed E-state index contributed by atoms with van der Waals surface area (Å²) >= 11 is 2.79. The largest absolute Gasteiger partial charge is 0.497 e. The quantitative estimate of drug-likeness (QED) is 0.411. The lowest BCUT2D eigenvalue weighted by molar-refractivity contribution is -0.162. The molecular weight excluding hydrogens is 501 g/mol. The molecule has 0 aliphatic rings. The predicted octanol–water partition coefficient (Wildman–Crippen LogP) is 5.39. The zero-order valence-electron chi connectivity index (χ0n) is 19.7. The molecule has 0 aliphatic heterocycles. The summed E-state index contributed by atoms with van der Waals surface area (Å²) in [5.74, 6) is -1.89. The van der Waals surface area contributed by atoms with Crippen LogP contribution < -0.4 is 15.4 Å². The second-order valence-corrected chi connectivity index (χ2v) is 10.3. The Kier molecular flexibility index (Phi) is 8.16. The van der Waals surface area contributed by atoms with Gasteiger partial charge in [0.25, 0.3) is 5.91 Å². The van der Waals surface area contributed by atoms with Gasteiger partial charge in [0.15, 0.2) is 5.13 Å². The Morgan fingerprint density at radius 1 is 1.14 bits per heavy atom. The van der Waals surface area contributed by atoms with Crippen LogP contribution in [0.15, 0.2) is 23.6 Å². The van der Waals surface area contributed by atoms with E-state index >= 15 is 0 Å². The van der Waals surface area contributed by atoms with Crippen LogP contribution in [0.3, 0.4) is 0 Å². The van der Waals surface area contributed by atoms with E-state index in [1.165, 1.54) is 55.8 Å². The average Bonchev–Trinajstić information content (AvgIpc) is 3.35. The van der Waals surface area contributed by atoms with Crippen molar-refractivity contribution in [1.29, 1.82) is 0 Å². The Labute approximate surface area is 208 Å². The molecule has 2 N–H and O–H groups in total. The van der Waals surface area contributed by atoms with E-state index in [-0.39, 0.29) is 17.7 Å². The van der Waals surface area contributed by atoms with Crippen LogP contribution in [0.2, 0.25) is 0 Å². The molecule has 2 heterocycles. The maximum atomic E-state index is 13.3. The number of hydrogen-bond acceptors (Lipinski definition) is 7. The number of carbonyl (C=O) groups is 2. The molecule has 1 atom stereocenters. The fourth-order valence-corrected chi connectivity index (χ4v) is 5.09. The van der Waals surface area contributed by atoms with Crippen molar-refractivity contribution < 1.29 is 27.5 Å². The van der Waals surface area contributed by atoms with Crippen LogP contribution in [0, 0.1) is 19.8 Å². The molecule has 0 spiro atoms. The van der Waals surface area contributed by atoms with Crippen molar-refractivity contribution in [2.24, 2.45) is 5.92 Å². The molecule has 3 rings (SSSR count). The number of aromatic nitrogens is 2. The predicted molar refractivity (Wildman–Crippen MR) is 130 cm³/mol. The van der Waals surface area contributed by atoms with Crippen molar-refractivity contribution in [2.75, 3.05) is 12.4 Å². The van der Waals surface area contributed by atoms with Crippen molar-refractivity contribution in [3.8, 4) is 16.3 Å². The van der Waals surface area contributed by atoms with Gasteiger partial charge in [-0.25, -0.2) is 9.97 Å². The Bertz CT molecular complexity index is 1220. The summed E-state index contributed by atoms with van der Waals surface area (Å²) in [5.41, 5.74) is 1.96.